The third-order valence-electron chi connectivity index (χ3n) is 4.93. The summed E-state index contributed by atoms with van der Waals surface area (Å²) in [6, 6.07) is 0.633. The number of hydrogen-bond donors (Lipinski definition) is 1. The summed E-state index contributed by atoms with van der Waals surface area (Å²) in [7, 11) is 0. The first-order valence-electron chi connectivity index (χ1n) is 8.49. The Labute approximate surface area is 122 Å². The van der Waals surface area contributed by atoms with Crippen LogP contribution >= 0.6 is 0 Å². The lowest BCUT2D eigenvalue weighted by atomic mass is 9.94. The van der Waals surface area contributed by atoms with E-state index in [-0.39, 0.29) is 12.1 Å². The van der Waals surface area contributed by atoms with E-state index in [1.807, 2.05) is 0 Å². The van der Waals surface area contributed by atoms with Crippen LogP contribution in [-0.2, 0) is 4.74 Å². The maximum atomic E-state index is 12.5. The Kier molecular flexibility index (Phi) is 4.81. The van der Waals surface area contributed by atoms with E-state index in [4.69, 9.17) is 4.74 Å². The van der Waals surface area contributed by atoms with Crippen LogP contribution in [0.2, 0.25) is 0 Å². The maximum absolute atomic E-state index is 12.5. The highest BCUT2D eigenvalue weighted by Gasteiger charge is 2.32. The third kappa shape index (κ3) is 3.87. The van der Waals surface area contributed by atoms with Crippen molar-refractivity contribution in [1.82, 2.24) is 10.2 Å². The summed E-state index contributed by atoms with van der Waals surface area (Å²) in [6.45, 7) is 2.52. The number of ether oxygens (including phenoxy) is 1. The number of nitrogens with zero attached hydrogens (tertiary/aromatic N) is 1. The molecule has 1 N–H and O–H groups in total. The van der Waals surface area contributed by atoms with Crippen molar-refractivity contribution in [2.75, 3.05) is 19.7 Å². The van der Waals surface area contributed by atoms with Crippen LogP contribution in [0.5, 0.6) is 0 Å². The van der Waals surface area contributed by atoms with Gasteiger partial charge in [-0.2, -0.15) is 0 Å². The molecule has 20 heavy (non-hydrogen) atoms. The molecular formula is C16H28N2O2. The van der Waals surface area contributed by atoms with Gasteiger partial charge in [-0.15, -0.1) is 0 Å². The second-order valence-electron chi connectivity index (χ2n) is 6.71. The molecule has 2 saturated carbocycles. The number of urea groups is 1. The van der Waals surface area contributed by atoms with Gasteiger partial charge in [-0.1, -0.05) is 19.3 Å². The molecule has 114 valence electrons. The van der Waals surface area contributed by atoms with Gasteiger partial charge >= 0.3 is 6.03 Å². The Morgan fingerprint density at radius 3 is 2.50 bits per heavy atom. The van der Waals surface area contributed by atoms with E-state index in [0.717, 1.165) is 31.9 Å². The number of carbonyl (C=O) groups excluding carboxylic acids is 1. The van der Waals surface area contributed by atoms with Crippen molar-refractivity contribution in [1.29, 1.82) is 0 Å². The van der Waals surface area contributed by atoms with E-state index in [2.05, 4.69) is 10.2 Å². The molecule has 1 heterocycles. The molecule has 0 aromatic carbocycles. The Balaban J connectivity index is 1.50. The highest BCUT2D eigenvalue weighted by Crippen LogP contribution is 2.32. The summed E-state index contributed by atoms with van der Waals surface area (Å²) in [5, 5.41) is 3.12. The fraction of sp³-hybridized carbons (Fsp3) is 0.938. The van der Waals surface area contributed by atoms with Crippen molar-refractivity contribution in [2.45, 2.75) is 69.9 Å². The molecule has 2 aliphatic carbocycles. The Morgan fingerprint density at radius 2 is 1.85 bits per heavy atom. The monoisotopic (exact) mass is 280 g/mol. The lowest BCUT2D eigenvalue weighted by Crippen LogP contribution is -2.49. The summed E-state index contributed by atoms with van der Waals surface area (Å²) in [6.07, 6.45) is 11.4. The van der Waals surface area contributed by atoms with Crippen molar-refractivity contribution in [2.24, 2.45) is 5.92 Å². The summed E-state index contributed by atoms with van der Waals surface area (Å²) in [5.41, 5.74) is 0. The van der Waals surface area contributed by atoms with E-state index in [1.54, 1.807) is 0 Å². The minimum atomic E-state index is 0.152. The molecule has 4 nitrogen and oxygen atoms in total. The van der Waals surface area contributed by atoms with Crippen LogP contribution in [0.1, 0.15) is 57.8 Å². The molecule has 0 radical (unpaired) electrons. The van der Waals surface area contributed by atoms with Gasteiger partial charge in [0, 0.05) is 25.7 Å². The van der Waals surface area contributed by atoms with Gasteiger partial charge in [0.05, 0.1) is 6.10 Å². The molecule has 0 aromatic heterocycles. The summed E-state index contributed by atoms with van der Waals surface area (Å²) < 4.78 is 5.59. The lowest BCUT2D eigenvalue weighted by Gasteiger charge is -2.34. The molecule has 0 spiro atoms. The molecule has 0 bridgehead atoms. The largest absolute Gasteiger partial charge is 0.376 e. The molecule has 3 rings (SSSR count). The molecule has 1 unspecified atom stereocenters. The van der Waals surface area contributed by atoms with Crippen molar-refractivity contribution >= 4 is 6.03 Å². The first-order valence-corrected chi connectivity index (χ1v) is 8.49. The summed E-state index contributed by atoms with van der Waals surface area (Å²) >= 11 is 0. The molecule has 3 aliphatic rings. The first kappa shape index (κ1) is 14.2. The number of carbonyl (C=O) groups is 1. The van der Waals surface area contributed by atoms with Gasteiger partial charge in [-0.25, -0.2) is 4.79 Å². The lowest BCUT2D eigenvalue weighted by molar-refractivity contribution is 0.105. The number of amides is 2. The van der Waals surface area contributed by atoms with Crippen molar-refractivity contribution < 1.29 is 9.53 Å². The third-order valence-corrected chi connectivity index (χ3v) is 4.93. The second kappa shape index (κ2) is 6.79. The van der Waals surface area contributed by atoms with Gasteiger partial charge in [-0.05, 0) is 44.4 Å². The predicted octanol–water partition coefficient (Wildman–Crippen LogP) is 2.92. The van der Waals surface area contributed by atoms with Crippen LogP contribution in [0.25, 0.3) is 0 Å². The summed E-state index contributed by atoms with van der Waals surface area (Å²) in [4.78, 5) is 14.7. The number of nitrogens with one attached hydrogen (secondary N) is 1. The Bertz CT molecular complexity index is 318. The van der Waals surface area contributed by atoms with Crippen molar-refractivity contribution in [3.05, 3.63) is 0 Å². The minimum absolute atomic E-state index is 0.152. The zero-order valence-electron chi connectivity index (χ0n) is 12.5. The van der Waals surface area contributed by atoms with Crippen molar-refractivity contribution in [3.63, 3.8) is 0 Å². The maximum Gasteiger partial charge on any atom is 0.317 e. The standard InChI is InChI=1S/C16H28N2O2/c19-16(17-11-15-7-4-10-20-15)18(12-13-8-9-13)14-5-2-1-3-6-14/h13-15H,1-12H2,(H,17,19). The fourth-order valence-electron chi connectivity index (χ4n) is 3.48. The molecule has 2 amide bonds. The topological polar surface area (TPSA) is 41.6 Å². The van der Waals surface area contributed by atoms with Crippen LogP contribution in [0.4, 0.5) is 4.79 Å². The van der Waals surface area contributed by atoms with Gasteiger partial charge in [0.2, 0.25) is 0 Å². The Morgan fingerprint density at radius 1 is 1.05 bits per heavy atom. The van der Waals surface area contributed by atoms with Gasteiger partial charge in [0.15, 0.2) is 0 Å². The zero-order valence-corrected chi connectivity index (χ0v) is 12.5. The van der Waals surface area contributed by atoms with Crippen LogP contribution in [0.15, 0.2) is 0 Å². The predicted molar refractivity (Wildman–Crippen MR) is 78.7 cm³/mol. The SMILES string of the molecule is O=C(NCC1CCCO1)N(CC1CC1)C1CCCCC1. The van der Waals surface area contributed by atoms with Gasteiger partial charge in [0.1, 0.15) is 0 Å². The average Bonchev–Trinajstić information content (AvgIpc) is 3.16. The fourth-order valence-corrected chi connectivity index (χ4v) is 3.48. The number of hydrogen-bond acceptors (Lipinski definition) is 2. The minimum Gasteiger partial charge on any atom is -0.376 e. The zero-order chi connectivity index (χ0) is 13.8. The van der Waals surface area contributed by atoms with Crippen LogP contribution in [-0.4, -0.2) is 42.8 Å². The molecule has 0 aromatic rings. The van der Waals surface area contributed by atoms with E-state index >= 15 is 0 Å². The van der Waals surface area contributed by atoms with E-state index in [9.17, 15) is 4.79 Å². The highest BCUT2D eigenvalue weighted by molar-refractivity contribution is 5.74. The normalized spacial score (nSPS) is 27.5. The van der Waals surface area contributed by atoms with Crippen LogP contribution in [0.3, 0.4) is 0 Å². The van der Waals surface area contributed by atoms with E-state index in [1.165, 1.54) is 44.9 Å². The molecule has 4 heteroatoms. The van der Waals surface area contributed by atoms with Crippen LogP contribution in [0, 0.1) is 5.92 Å². The van der Waals surface area contributed by atoms with E-state index in [0.29, 0.717) is 12.6 Å². The highest BCUT2D eigenvalue weighted by atomic mass is 16.5. The molecule has 3 fully saturated rings. The van der Waals surface area contributed by atoms with Gasteiger partial charge in [0.25, 0.3) is 0 Å². The quantitative estimate of drug-likeness (QED) is 0.841. The van der Waals surface area contributed by atoms with Gasteiger partial charge in [-0.3, -0.25) is 0 Å². The second-order valence-corrected chi connectivity index (χ2v) is 6.71. The average molecular weight is 280 g/mol. The van der Waals surface area contributed by atoms with Gasteiger partial charge < -0.3 is 15.0 Å². The first-order chi connectivity index (χ1) is 9.83. The molecular weight excluding hydrogens is 252 g/mol. The molecule has 1 aliphatic heterocycles. The van der Waals surface area contributed by atoms with Crippen molar-refractivity contribution in [3.8, 4) is 0 Å². The summed E-state index contributed by atoms with van der Waals surface area (Å²) in [5.74, 6) is 0.769. The van der Waals surface area contributed by atoms with Crippen LogP contribution < -0.4 is 5.32 Å². The Hall–Kier alpha value is -0.770. The molecule has 1 atom stereocenters. The number of rotatable bonds is 5. The molecule has 1 saturated heterocycles. The van der Waals surface area contributed by atoms with E-state index < -0.39 is 0 Å². The smallest absolute Gasteiger partial charge is 0.317 e.